The SMILES string of the molecule is Cc1c(C)c(=O)n(Cc2ccc(I)cc2)[nH]c1=O. The van der Waals surface area contributed by atoms with Gasteiger partial charge in [0.25, 0.3) is 11.1 Å². The summed E-state index contributed by atoms with van der Waals surface area (Å²) in [6.07, 6.45) is 0. The molecule has 0 unspecified atom stereocenters. The Bertz CT molecular complexity index is 684. The minimum absolute atomic E-state index is 0.148. The first-order valence-electron chi connectivity index (χ1n) is 5.54. The van der Waals surface area contributed by atoms with E-state index < -0.39 is 0 Å². The molecule has 0 saturated heterocycles. The van der Waals surface area contributed by atoms with Crippen molar-refractivity contribution in [1.82, 2.24) is 9.78 Å². The Morgan fingerprint density at radius 2 is 1.72 bits per heavy atom. The maximum absolute atomic E-state index is 12.0. The Hall–Kier alpha value is -1.37. The molecule has 18 heavy (non-hydrogen) atoms. The molecule has 0 aliphatic carbocycles. The number of halogens is 1. The summed E-state index contributed by atoms with van der Waals surface area (Å²) in [6.45, 7) is 3.72. The van der Waals surface area contributed by atoms with Crippen LogP contribution < -0.4 is 11.1 Å². The van der Waals surface area contributed by atoms with E-state index in [2.05, 4.69) is 27.7 Å². The summed E-state index contributed by atoms with van der Waals surface area (Å²) in [5, 5.41) is 2.59. The number of rotatable bonds is 2. The van der Waals surface area contributed by atoms with Crippen molar-refractivity contribution < 1.29 is 0 Å². The highest BCUT2D eigenvalue weighted by Gasteiger charge is 2.07. The molecule has 0 bridgehead atoms. The molecule has 0 aliphatic heterocycles. The quantitative estimate of drug-likeness (QED) is 0.835. The van der Waals surface area contributed by atoms with E-state index in [-0.39, 0.29) is 11.1 Å². The molecule has 1 heterocycles. The second-order valence-electron chi connectivity index (χ2n) is 4.21. The molecule has 2 aromatic rings. The van der Waals surface area contributed by atoms with Gasteiger partial charge in [-0.25, -0.2) is 4.68 Å². The Kier molecular flexibility index (Phi) is 3.70. The van der Waals surface area contributed by atoms with Crippen LogP contribution in [0.5, 0.6) is 0 Å². The molecule has 2 rings (SSSR count). The summed E-state index contributed by atoms with van der Waals surface area (Å²) in [7, 11) is 0. The zero-order chi connectivity index (χ0) is 13.3. The molecule has 0 spiro atoms. The fourth-order valence-corrected chi connectivity index (χ4v) is 2.03. The summed E-state index contributed by atoms with van der Waals surface area (Å²) in [5.74, 6) is 0. The molecule has 0 radical (unpaired) electrons. The van der Waals surface area contributed by atoms with Crippen LogP contribution >= 0.6 is 22.6 Å². The van der Waals surface area contributed by atoms with Gasteiger partial charge in [-0.15, -0.1) is 0 Å². The number of aromatic nitrogens is 2. The van der Waals surface area contributed by atoms with E-state index in [1.54, 1.807) is 13.8 Å². The van der Waals surface area contributed by atoms with E-state index in [4.69, 9.17) is 0 Å². The molecule has 1 aromatic heterocycles. The first-order chi connectivity index (χ1) is 8.49. The smallest absolute Gasteiger partial charge is 0.268 e. The van der Waals surface area contributed by atoms with Crippen molar-refractivity contribution >= 4 is 22.6 Å². The molecule has 0 amide bonds. The lowest BCUT2D eigenvalue weighted by Crippen LogP contribution is -2.33. The second kappa shape index (κ2) is 5.09. The number of nitrogens with one attached hydrogen (secondary N) is 1. The third-order valence-electron chi connectivity index (χ3n) is 2.96. The van der Waals surface area contributed by atoms with Gasteiger partial charge in [0.05, 0.1) is 6.54 Å². The first kappa shape index (κ1) is 13.1. The Morgan fingerprint density at radius 3 is 2.33 bits per heavy atom. The highest BCUT2D eigenvalue weighted by Crippen LogP contribution is 2.07. The van der Waals surface area contributed by atoms with E-state index in [0.717, 1.165) is 9.13 Å². The summed E-state index contributed by atoms with van der Waals surface area (Å²) in [6, 6.07) is 7.84. The average Bonchev–Trinajstić information content (AvgIpc) is 2.36. The lowest BCUT2D eigenvalue weighted by Gasteiger charge is -2.08. The van der Waals surface area contributed by atoms with Gasteiger partial charge in [0.1, 0.15) is 0 Å². The van der Waals surface area contributed by atoms with Crippen LogP contribution in [0.3, 0.4) is 0 Å². The molecule has 4 nitrogen and oxygen atoms in total. The van der Waals surface area contributed by atoms with Gasteiger partial charge in [-0.2, -0.15) is 0 Å². The number of hydrogen-bond donors (Lipinski definition) is 1. The molecule has 0 atom stereocenters. The number of H-pyrrole nitrogens is 1. The maximum Gasteiger partial charge on any atom is 0.268 e. The van der Waals surface area contributed by atoms with Crippen molar-refractivity contribution in [2.75, 3.05) is 0 Å². The minimum atomic E-state index is -0.211. The molecule has 1 N–H and O–H groups in total. The predicted octanol–water partition coefficient (Wildman–Crippen LogP) is 1.81. The van der Waals surface area contributed by atoms with Crippen LogP contribution in [-0.2, 0) is 6.54 Å². The lowest BCUT2D eigenvalue weighted by molar-refractivity contribution is 0.618. The van der Waals surface area contributed by atoms with Crippen LogP contribution in [0.25, 0.3) is 0 Å². The molecule has 5 heteroatoms. The molecular formula is C13H13IN2O2. The monoisotopic (exact) mass is 356 g/mol. The van der Waals surface area contributed by atoms with Gasteiger partial charge in [0, 0.05) is 14.7 Å². The van der Waals surface area contributed by atoms with Crippen LogP contribution in [0.2, 0.25) is 0 Å². The van der Waals surface area contributed by atoms with Gasteiger partial charge in [-0.3, -0.25) is 14.7 Å². The van der Waals surface area contributed by atoms with E-state index >= 15 is 0 Å². The molecular weight excluding hydrogens is 343 g/mol. The summed E-state index contributed by atoms with van der Waals surface area (Å²) in [4.78, 5) is 23.6. The molecule has 0 aliphatic rings. The third-order valence-corrected chi connectivity index (χ3v) is 3.68. The number of benzene rings is 1. The predicted molar refractivity (Wildman–Crippen MR) is 79.1 cm³/mol. The highest BCUT2D eigenvalue weighted by molar-refractivity contribution is 14.1. The van der Waals surface area contributed by atoms with Crippen molar-refractivity contribution in [3.05, 3.63) is 65.2 Å². The van der Waals surface area contributed by atoms with Gasteiger partial charge in [-0.05, 0) is 54.1 Å². The van der Waals surface area contributed by atoms with E-state index in [9.17, 15) is 9.59 Å². The van der Waals surface area contributed by atoms with E-state index in [1.165, 1.54) is 4.68 Å². The zero-order valence-corrected chi connectivity index (χ0v) is 12.3. The number of nitrogens with zero attached hydrogens (tertiary/aromatic N) is 1. The third kappa shape index (κ3) is 2.55. The second-order valence-corrected chi connectivity index (χ2v) is 5.45. The molecule has 0 saturated carbocycles. The van der Waals surface area contributed by atoms with Gasteiger partial charge >= 0.3 is 0 Å². The van der Waals surface area contributed by atoms with Crippen molar-refractivity contribution in [2.45, 2.75) is 20.4 Å². The molecule has 94 valence electrons. The molecule has 0 fully saturated rings. The average molecular weight is 356 g/mol. The highest BCUT2D eigenvalue weighted by atomic mass is 127. The summed E-state index contributed by atoms with van der Waals surface area (Å²) in [5.41, 5.74) is 1.61. The zero-order valence-electron chi connectivity index (χ0n) is 10.2. The van der Waals surface area contributed by atoms with Gasteiger partial charge < -0.3 is 0 Å². The number of hydrogen-bond acceptors (Lipinski definition) is 2. The summed E-state index contributed by atoms with van der Waals surface area (Å²) < 4.78 is 2.49. The van der Waals surface area contributed by atoms with Crippen molar-refractivity contribution in [1.29, 1.82) is 0 Å². The Labute approximate surface area is 118 Å². The topological polar surface area (TPSA) is 54.9 Å². The number of aromatic amines is 1. The van der Waals surface area contributed by atoms with E-state index in [0.29, 0.717) is 17.7 Å². The lowest BCUT2D eigenvalue weighted by atomic mass is 10.2. The van der Waals surface area contributed by atoms with Crippen LogP contribution in [0.1, 0.15) is 16.7 Å². The normalized spacial score (nSPS) is 10.6. The maximum atomic E-state index is 12.0. The van der Waals surface area contributed by atoms with Crippen molar-refractivity contribution in [3.8, 4) is 0 Å². The van der Waals surface area contributed by atoms with Gasteiger partial charge in [-0.1, -0.05) is 12.1 Å². The van der Waals surface area contributed by atoms with Crippen LogP contribution in [0.4, 0.5) is 0 Å². The Balaban J connectivity index is 2.44. The minimum Gasteiger partial charge on any atom is -0.268 e. The van der Waals surface area contributed by atoms with E-state index in [1.807, 2.05) is 24.3 Å². The standard InChI is InChI=1S/C13H13IN2O2/c1-8-9(2)13(18)16(15-12(8)17)7-10-3-5-11(14)6-4-10/h3-6H,7H2,1-2H3,(H,15,17). The fraction of sp³-hybridized carbons (Fsp3) is 0.231. The van der Waals surface area contributed by atoms with Crippen molar-refractivity contribution in [3.63, 3.8) is 0 Å². The van der Waals surface area contributed by atoms with Crippen LogP contribution in [-0.4, -0.2) is 9.78 Å². The van der Waals surface area contributed by atoms with Crippen molar-refractivity contribution in [2.24, 2.45) is 0 Å². The molecule has 1 aromatic carbocycles. The largest absolute Gasteiger partial charge is 0.268 e. The fourth-order valence-electron chi connectivity index (χ4n) is 1.67. The van der Waals surface area contributed by atoms with Gasteiger partial charge in [0.15, 0.2) is 0 Å². The van der Waals surface area contributed by atoms with Gasteiger partial charge in [0.2, 0.25) is 0 Å². The summed E-state index contributed by atoms with van der Waals surface area (Å²) >= 11 is 2.22. The first-order valence-corrected chi connectivity index (χ1v) is 6.61. The van der Waals surface area contributed by atoms with Crippen LogP contribution in [0, 0.1) is 17.4 Å². The van der Waals surface area contributed by atoms with Crippen LogP contribution in [0.15, 0.2) is 33.9 Å². The Morgan fingerprint density at radius 1 is 1.11 bits per heavy atom.